The SMILES string of the molecule is OC1(c2ccc(Cl)c(Cc3ccc(-c4ccccc4)s3)c2)C[C@@H](OCc2ccccc2)C[C@@H](COCc2ccccc2)O1. The number of aliphatic hydroxyl groups is 1. The molecule has 4 nitrogen and oxygen atoms in total. The summed E-state index contributed by atoms with van der Waals surface area (Å²) in [6.07, 6.45) is 1.05. The van der Waals surface area contributed by atoms with Gasteiger partial charge in [-0.1, -0.05) is 109 Å². The summed E-state index contributed by atoms with van der Waals surface area (Å²) in [7, 11) is 0. The normalized spacial score (nSPS) is 20.2. The van der Waals surface area contributed by atoms with Gasteiger partial charge < -0.3 is 19.3 Å². The summed E-state index contributed by atoms with van der Waals surface area (Å²) in [6, 6.07) is 40.5. The van der Waals surface area contributed by atoms with E-state index in [0.717, 1.165) is 16.7 Å². The molecule has 0 bridgehead atoms. The largest absolute Gasteiger partial charge is 0.374 e. The molecule has 0 radical (unpaired) electrons. The summed E-state index contributed by atoms with van der Waals surface area (Å²) >= 11 is 8.45. The van der Waals surface area contributed by atoms with Crippen molar-refractivity contribution in [2.75, 3.05) is 6.61 Å². The molecule has 3 atom stereocenters. The minimum atomic E-state index is -1.54. The predicted molar refractivity (Wildman–Crippen MR) is 173 cm³/mol. The first kappa shape index (κ1) is 29.8. The average Bonchev–Trinajstić information content (AvgIpc) is 3.51. The van der Waals surface area contributed by atoms with E-state index in [-0.39, 0.29) is 12.2 Å². The maximum atomic E-state index is 12.0. The van der Waals surface area contributed by atoms with E-state index in [9.17, 15) is 5.11 Å². The minimum Gasteiger partial charge on any atom is -0.374 e. The van der Waals surface area contributed by atoms with Crippen molar-refractivity contribution in [2.45, 2.75) is 50.5 Å². The van der Waals surface area contributed by atoms with E-state index >= 15 is 0 Å². The molecule has 0 amide bonds. The lowest BCUT2D eigenvalue weighted by Gasteiger charge is -2.41. The summed E-state index contributed by atoms with van der Waals surface area (Å²) in [5.74, 6) is -1.54. The number of rotatable bonds is 11. The van der Waals surface area contributed by atoms with Gasteiger partial charge >= 0.3 is 0 Å². The molecule has 0 saturated carbocycles. The molecule has 220 valence electrons. The molecule has 1 fully saturated rings. The molecule has 1 aliphatic rings. The Morgan fingerprint density at radius 2 is 1.49 bits per heavy atom. The Labute approximate surface area is 262 Å². The Morgan fingerprint density at radius 3 is 2.21 bits per heavy atom. The van der Waals surface area contributed by atoms with Crippen molar-refractivity contribution in [3.8, 4) is 10.4 Å². The van der Waals surface area contributed by atoms with Gasteiger partial charge in [-0.2, -0.15) is 0 Å². The van der Waals surface area contributed by atoms with Gasteiger partial charge in [0.1, 0.15) is 0 Å². The van der Waals surface area contributed by atoms with Crippen LogP contribution >= 0.6 is 22.9 Å². The van der Waals surface area contributed by atoms with Crippen LogP contribution in [0, 0.1) is 0 Å². The summed E-state index contributed by atoms with van der Waals surface area (Å²) in [5, 5.41) is 12.7. The van der Waals surface area contributed by atoms with Crippen molar-refractivity contribution in [2.24, 2.45) is 0 Å². The van der Waals surface area contributed by atoms with E-state index in [1.54, 1.807) is 11.3 Å². The highest BCUT2D eigenvalue weighted by Crippen LogP contribution is 2.39. The van der Waals surface area contributed by atoms with Crippen molar-refractivity contribution in [3.63, 3.8) is 0 Å². The van der Waals surface area contributed by atoms with E-state index < -0.39 is 5.79 Å². The quantitative estimate of drug-likeness (QED) is 0.162. The average molecular weight is 611 g/mol. The van der Waals surface area contributed by atoms with Gasteiger partial charge in [0.2, 0.25) is 0 Å². The van der Waals surface area contributed by atoms with Crippen LogP contribution in [-0.4, -0.2) is 23.9 Å². The van der Waals surface area contributed by atoms with Crippen molar-refractivity contribution in [3.05, 3.63) is 153 Å². The number of ether oxygens (including phenoxy) is 3. The van der Waals surface area contributed by atoms with E-state index in [1.165, 1.54) is 15.3 Å². The fourth-order valence-corrected chi connectivity index (χ4v) is 6.73. The first-order chi connectivity index (χ1) is 21.0. The Hall–Kier alpha value is -3.29. The molecule has 1 unspecified atom stereocenters. The molecule has 43 heavy (non-hydrogen) atoms. The molecule has 1 aromatic heterocycles. The molecule has 2 heterocycles. The van der Waals surface area contributed by atoms with Gasteiger partial charge in [0.05, 0.1) is 32.0 Å². The van der Waals surface area contributed by atoms with E-state index in [0.29, 0.717) is 49.7 Å². The monoisotopic (exact) mass is 610 g/mol. The van der Waals surface area contributed by atoms with Gasteiger partial charge in [-0.25, -0.2) is 0 Å². The van der Waals surface area contributed by atoms with Crippen molar-refractivity contribution in [1.29, 1.82) is 0 Å². The van der Waals surface area contributed by atoms with E-state index in [4.69, 9.17) is 25.8 Å². The fourth-order valence-electron chi connectivity index (χ4n) is 5.51. The second-order valence-corrected chi connectivity index (χ2v) is 12.6. The van der Waals surface area contributed by atoms with Crippen LogP contribution < -0.4 is 0 Å². The zero-order valence-electron chi connectivity index (χ0n) is 23.9. The molecule has 0 spiro atoms. The van der Waals surface area contributed by atoms with Gasteiger partial charge in [0.15, 0.2) is 5.79 Å². The highest BCUT2D eigenvalue weighted by atomic mass is 35.5. The summed E-state index contributed by atoms with van der Waals surface area (Å²) in [6.45, 7) is 1.29. The van der Waals surface area contributed by atoms with Gasteiger partial charge in [0.25, 0.3) is 0 Å². The Kier molecular flexibility index (Phi) is 9.69. The second kappa shape index (κ2) is 14.0. The molecule has 6 heteroatoms. The Morgan fingerprint density at radius 1 is 0.814 bits per heavy atom. The zero-order valence-corrected chi connectivity index (χ0v) is 25.5. The van der Waals surface area contributed by atoms with Gasteiger partial charge in [0, 0.05) is 39.6 Å². The standard InChI is InChI=1S/C37H35ClO4S/c38-35-18-16-31(20-30(35)21-34-17-19-36(43-34)29-14-8-3-9-15-29)37(39)23-32(41-25-28-12-6-2-7-13-28)22-33(42-37)26-40-24-27-10-4-1-5-11-27/h1-20,32-33,39H,21-26H2/t32-,33-,37?/m0/s1. The third-order valence-electron chi connectivity index (χ3n) is 7.72. The third-order valence-corrected chi connectivity index (χ3v) is 9.22. The first-order valence-electron chi connectivity index (χ1n) is 14.6. The molecule has 6 rings (SSSR count). The van der Waals surface area contributed by atoms with Gasteiger partial charge in [-0.3, -0.25) is 0 Å². The lowest BCUT2D eigenvalue weighted by molar-refractivity contribution is -0.293. The highest BCUT2D eigenvalue weighted by Gasteiger charge is 2.42. The lowest BCUT2D eigenvalue weighted by atomic mass is 9.91. The molecule has 1 N–H and O–H groups in total. The Bertz CT molecular complexity index is 1590. The third kappa shape index (κ3) is 7.81. The summed E-state index contributed by atoms with van der Waals surface area (Å²) in [4.78, 5) is 2.42. The maximum absolute atomic E-state index is 12.0. The van der Waals surface area contributed by atoms with Crippen LogP contribution in [0.25, 0.3) is 10.4 Å². The van der Waals surface area contributed by atoms with Crippen molar-refractivity contribution >= 4 is 22.9 Å². The van der Waals surface area contributed by atoms with Crippen molar-refractivity contribution in [1.82, 2.24) is 0 Å². The predicted octanol–water partition coefficient (Wildman–Crippen LogP) is 8.79. The Balaban J connectivity index is 1.20. The van der Waals surface area contributed by atoms with E-state index in [1.807, 2.05) is 84.9 Å². The van der Waals surface area contributed by atoms with Crippen molar-refractivity contribution < 1.29 is 19.3 Å². The summed E-state index contributed by atoms with van der Waals surface area (Å²) in [5.41, 5.74) is 5.01. The first-order valence-corrected chi connectivity index (χ1v) is 15.8. The zero-order chi connectivity index (χ0) is 29.5. The second-order valence-electron chi connectivity index (χ2n) is 11.0. The number of benzene rings is 4. The number of hydrogen-bond donors (Lipinski definition) is 1. The van der Waals surface area contributed by atoms with Crippen LogP contribution in [0.3, 0.4) is 0 Å². The number of hydrogen-bond acceptors (Lipinski definition) is 5. The van der Waals surface area contributed by atoms with Crippen LogP contribution in [0.2, 0.25) is 5.02 Å². The van der Waals surface area contributed by atoms with Crippen LogP contribution in [0.5, 0.6) is 0 Å². The molecular weight excluding hydrogens is 576 g/mol. The van der Waals surface area contributed by atoms with Gasteiger partial charge in [-0.15, -0.1) is 11.3 Å². The van der Waals surface area contributed by atoms with Crippen LogP contribution in [0.15, 0.2) is 121 Å². The van der Waals surface area contributed by atoms with Gasteiger partial charge in [-0.05, 0) is 46.5 Å². The molecule has 0 aliphatic carbocycles. The fraction of sp³-hybridized carbons (Fsp3) is 0.243. The molecular formula is C37H35ClO4S. The highest BCUT2D eigenvalue weighted by molar-refractivity contribution is 7.15. The molecule has 5 aromatic rings. The lowest BCUT2D eigenvalue weighted by Crippen LogP contribution is -2.46. The maximum Gasteiger partial charge on any atom is 0.195 e. The minimum absolute atomic E-state index is 0.214. The summed E-state index contributed by atoms with van der Waals surface area (Å²) < 4.78 is 18.8. The smallest absolute Gasteiger partial charge is 0.195 e. The van der Waals surface area contributed by atoms with Crippen LogP contribution in [0.4, 0.5) is 0 Å². The van der Waals surface area contributed by atoms with Crippen LogP contribution in [0.1, 0.15) is 40.0 Å². The number of halogens is 1. The van der Waals surface area contributed by atoms with E-state index in [2.05, 4.69) is 36.4 Å². The number of thiophene rings is 1. The molecule has 1 aliphatic heterocycles. The topological polar surface area (TPSA) is 47.9 Å². The molecule has 1 saturated heterocycles. The van der Waals surface area contributed by atoms with Crippen LogP contribution in [-0.2, 0) is 39.6 Å². The molecule has 4 aromatic carbocycles.